The van der Waals surface area contributed by atoms with Gasteiger partial charge in [0.2, 0.25) is 0 Å². The summed E-state index contributed by atoms with van der Waals surface area (Å²) >= 11 is 5.02. The highest BCUT2D eigenvalue weighted by molar-refractivity contribution is 9.10. The van der Waals surface area contributed by atoms with Gasteiger partial charge in [-0.15, -0.1) is 11.3 Å². The highest BCUT2D eigenvalue weighted by Crippen LogP contribution is 2.25. The molecule has 4 heteroatoms. The fourth-order valence-electron chi connectivity index (χ4n) is 1.97. The van der Waals surface area contributed by atoms with E-state index in [9.17, 15) is 4.39 Å². The summed E-state index contributed by atoms with van der Waals surface area (Å²) in [4.78, 5) is 4.62. The maximum absolute atomic E-state index is 13.2. The Labute approximate surface area is 129 Å². The first-order chi connectivity index (χ1) is 9.70. The molecule has 0 saturated heterocycles. The van der Waals surface area contributed by atoms with Crippen LogP contribution in [0.2, 0.25) is 0 Å². The van der Waals surface area contributed by atoms with Gasteiger partial charge < -0.3 is 0 Å². The van der Waals surface area contributed by atoms with Gasteiger partial charge in [-0.1, -0.05) is 40.2 Å². The molecule has 0 N–H and O–H groups in total. The van der Waals surface area contributed by atoms with Crippen molar-refractivity contribution in [3.8, 4) is 11.3 Å². The van der Waals surface area contributed by atoms with Gasteiger partial charge >= 0.3 is 0 Å². The second-order valence-electron chi connectivity index (χ2n) is 4.44. The van der Waals surface area contributed by atoms with Crippen LogP contribution in [0.25, 0.3) is 11.3 Å². The smallest absolute Gasteiger partial charge is 0.123 e. The Morgan fingerprint density at radius 1 is 1.10 bits per heavy atom. The first-order valence-electron chi connectivity index (χ1n) is 6.15. The molecule has 0 aliphatic heterocycles. The Kier molecular flexibility index (Phi) is 3.94. The Bertz CT molecular complexity index is 721. The maximum atomic E-state index is 13.2. The number of aromatic nitrogens is 1. The zero-order chi connectivity index (χ0) is 13.9. The maximum Gasteiger partial charge on any atom is 0.123 e. The second kappa shape index (κ2) is 5.85. The predicted octanol–water partition coefficient (Wildman–Crippen LogP) is 5.30. The van der Waals surface area contributed by atoms with Gasteiger partial charge in [0.05, 0.1) is 10.7 Å². The summed E-state index contributed by atoms with van der Waals surface area (Å²) in [7, 11) is 0. The number of rotatable bonds is 3. The molecule has 0 radical (unpaired) electrons. The van der Waals surface area contributed by atoms with Crippen LogP contribution in [0, 0.1) is 5.82 Å². The Balaban J connectivity index is 1.82. The van der Waals surface area contributed by atoms with E-state index in [1.807, 2.05) is 35.7 Å². The van der Waals surface area contributed by atoms with E-state index in [4.69, 9.17) is 0 Å². The van der Waals surface area contributed by atoms with Crippen molar-refractivity contribution in [2.24, 2.45) is 0 Å². The van der Waals surface area contributed by atoms with Gasteiger partial charge in [-0.3, -0.25) is 0 Å². The highest BCUT2D eigenvalue weighted by Gasteiger charge is 2.06. The van der Waals surface area contributed by atoms with Gasteiger partial charge in [0.25, 0.3) is 0 Å². The van der Waals surface area contributed by atoms with E-state index in [-0.39, 0.29) is 5.82 Å². The number of halogens is 2. The third-order valence-electron chi connectivity index (χ3n) is 2.94. The van der Waals surface area contributed by atoms with E-state index in [1.54, 1.807) is 23.5 Å². The largest absolute Gasteiger partial charge is 0.241 e. The summed E-state index contributed by atoms with van der Waals surface area (Å²) in [5, 5.41) is 3.03. The van der Waals surface area contributed by atoms with Gasteiger partial charge in [-0.25, -0.2) is 9.37 Å². The van der Waals surface area contributed by atoms with E-state index >= 15 is 0 Å². The fraction of sp³-hybridized carbons (Fsp3) is 0.0625. The zero-order valence-corrected chi connectivity index (χ0v) is 12.9. The molecular weight excluding hydrogens is 337 g/mol. The Hall–Kier alpha value is -1.52. The van der Waals surface area contributed by atoms with Gasteiger partial charge in [-0.2, -0.15) is 0 Å². The average Bonchev–Trinajstić information content (AvgIpc) is 2.88. The standard InChI is InChI=1S/C16H11BrFNS/c17-13-6-4-12(5-7-13)15-10-20-16(19-15)9-11-2-1-3-14(18)8-11/h1-8,10H,9H2. The molecule has 0 saturated carbocycles. The first kappa shape index (κ1) is 13.5. The molecule has 3 rings (SSSR count). The van der Waals surface area contributed by atoms with E-state index < -0.39 is 0 Å². The lowest BCUT2D eigenvalue weighted by molar-refractivity contribution is 0.626. The number of hydrogen-bond acceptors (Lipinski definition) is 2. The molecule has 3 aromatic rings. The molecule has 1 nitrogen and oxygen atoms in total. The fourth-order valence-corrected chi connectivity index (χ4v) is 3.07. The van der Waals surface area contributed by atoms with Crippen molar-refractivity contribution in [1.29, 1.82) is 0 Å². The molecule has 0 aliphatic carbocycles. The van der Waals surface area contributed by atoms with Gasteiger partial charge in [0.15, 0.2) is 0 Å². The van der Waals surface area contributed by atoms with Crippen molar-refractivity contribution in [2.75, 3.05) is 0 Å². The molecule has 1 heterocycles. The molecule has 0 bridgehead atoms. The van der Waals surface area contributed by atoms with Crippen LogP contribution in [0.5, 0.6) is 0 Å². The Morgan fingerprint density at radius 2 is 1.90 bits per heavy atom. The molecule has 20 heavy (non-hydrogen) atoms. The molecule has 0 atom stereocenters. The molecule has 0 spiro atoms. The molecule has 0 fully saturated rings. The third kappa shape index (κ3) is 3.14. The molecular formula is C16H11BrFNS. The molecule has 0 unspecified atom stereocenters. The molecule has 0 amide bonds. The number of nitrogens with zero attached hydrogens (tertiary/aromatic N) is 1. The minimum absolute atomic E-state index is 0.202. The predicted molar refractivity (Wildman–Crippen MR) is 84.5 cm³/mol. The van der Waals surface area contributed by atoms with Crippen LogP contribution in [0.1, 0.15) is 10.6 Å². The minimum Gasteiger partial charge on any atom is -0.241 e. The first-order valence-corrected chi connectivity index (χ1v) is 7.83. The van der Waals surface area contributed by atoms with Crippen molar-refractivity contribution in [3.63, 3.8) is 0 Å². The van der Waals surface area contributed by atoms with Crippen LogP contribution >= 0.6 is 27.3 Å². The van der Waals surface area contributed by atoms with Crippen molar-refractivity contribution in [3.05, 3.63) is 74.8 Å². The van der Waals surface area contributed by atoms with Crippen molar-refractivity contribution >= 4 is 27.3 Å². The van der Waals surface area contributed by atoms with Crippen LogP contribution in [0.15, 0.2) is 58.4 Å². The lowest BCUT2D eigenvalue weighted by Gasteiger charge is -1.98. The number of hydrogen-bond donors (Lipinski definition) is 0. The number of benzene rings is 2. The van der Waals surface area contributed by atoms with Crippen LogP contribution in [0.4, 0.5) is 4.39 Å². The summed E-state index contributed by atoms with van der Waals surface area (Å²) in [6.45, 7) is 0. The monoisotopic (exact) mass is 347 g/mol. The van der Waals surface area contributed by atoms with Crippen LogP contribution in [0.3, 0.4) is 0 Å². The summed E-state index contributed by atoms with van der Waals surface area (Å²) in [5.74, 6) is -0.202. The summed E-state index contributed by atoms with van der Waals surface area (Å²) < 4.78 is 14.2. The highest BCUT2D eigenvalue weighted by atomic mass is 79.9. The van der Waals surface area contributed by atoms with E-state index in [2.05, 4.69) is 20.9 Å². The van der Waals surface area contributed by atoms with Crippen molar-refractivity contribution < 1.29 is 4.39 Å². The summed E-state index contributed by atoms with van der Waals surface area (Å²) in [6.07, 6.45) is 0.666. The van der Waals surface area contributed by atoms with Gasteiger partial charge in [-0.05, 0) is 29.8 Å². The Morgan fingerprint density at radius 3 is 2.65 bits per heavy atom. The zero-order valence-electron chi connectivity index (χ0n) is 10.5. The van der Waals surface area contributed by atoms with Crippen LogP contribution in [-0.4, -0.2) is 4.98 Å². The summed E-state index contributed by atoms with van der Waals surface area (Å²) in [5.41, 5.74) is 3.01. The molecule has 2 aromatic carbocycles. The van der Waals surface area contributed by atoms with E-state index in [0.717, 1.165) is 26.3 Å². The lowest BCUT2D eigenvalue weighted by Crippen LogP contribution is -1.88. The SMILES string of the molecule is Fc1cccc(Cc2nc(-c3ccc(Br)cc3)cs2)c1. The van der Waals surface area contributed by atoms with Crippen LogP contribution in [-0.2, 0) is 6.42 Å². The molecule has 100 valence electrons. The number of thiazole rings is 1. The normalized spacial score (nSPS) is 10.7. The van der Waals surface area contributed by atoms with Gasteiger partial charge in [0, 0.05) is 21.8 Å². The quantitative estimate of drug-likeness (QED) is 0.626. The molecule has 0 aliphatic rings. The van der Waals surface area contributed by atoms with Crippen LogP contribution < -0.4 is 0 Å². The van der Waals surface area contributed by atoms with E-state index in [0.29, 0.717) is 6.42 Å². The average molecular weight is 348 g/mol. The third-order valence-corrected chi connectivity index (χ3v) is 4.31. The summed E-state index contributed by atoms with van der Waals surface area (Å²) in [6, 6.07) is 14.7. The van der Waals surface area contributed by atoms with Crippen molar-refractivity contribution in [2.45, 2.75) is 6.42 Å². The topological polar surface area (TPSA) is 12.9 Å². The lowest BCUT2D eigenvalue weighted by atomic mass is 10.1. The second-order valence-corrected chi connectivity index (χ2v) is 6.30. The minimum atomic E-state index is -0.202. The van der Waals surface area contributed by atoms with E-state index in [1.165, 1.54) is 6.07 Å². The molecule has 1 aromatic heterocycles. The van der Waals surface area contributed by atoms with Crippen molar-refractivity contribution in [1.82, 2.24) is 4.98 Å². The van der Waals surface area contributed by atoms with Gasteiger partial charge in [0.1, 0.15) is 5.82 Å².